The highest BCUT2D eigenvalue weighted by Gasteiger charge is 2.36. The average molecular weight is 230 g/mol. The van der Waals surface area contributed by atoms with Gasteiger partial charge in [0, 0.05) is 24.4 Å². The quantitative estimate of drug-likeness (QED) is 0.786. The third-order valence-electron chi connectivity index (χ3n) is 3.31. The zero-order valence-corrected chi connectivity index (χ0v) is 10.8. The van der Waals surface area contributed by atoms with Crippen molar-refractivity contribution in [1.29, 1.82) is 0 Å². The van der Waals surface area contributed by atoms with Crippen molar-refractivity contribution in [2.75, 3.05) is 25.9 Å². The number of hydrogen-bond donors (Lipinski definition) is 1. The molecule has 0 aromatic carbocycles. The topological polar surface area (TPSA) is 32.3 Å². The molecule has 15 heavy (non-hydrogen) atoms. The fourth-order valence-electron chi connectivity index (χ4n) is 1.88. The first-order chi connectivity index (χ1) is 7.17. The summed E-state index contributed by atoms with van der Waals surface area (Å²) < 4.78 is 0.336. The molecule has 88 valence electrons. The first-order valence-corrected chi connectivity index (χ1v) is 6.98. The fourth-order valence-corrected chi connectivity index (χ4v) is 2.80. The van der Waals surface area contributed by atoms with Crippen LogP contribution in [0.15, 0.2) is 0 Å². The predicted molar refractivity (Wildman–Crippen MR) is 66.4 cm³/mol. The van der Waals surface area contributed by atoms with E-state index in [1.54, 1.807) is 0 Å². The van der Waals surface area contributed by atoms with Crippen molar-refractivity contribution in [3.8, 4) is 0 Å². The number of rotatable bonds is 5. The van der Waals surface area contributed by atoms with Gasteiger partial charge in [-0.25, -0.2) is 4.79 Å². The van der Waals surface area contributed by atoms with Gasteiger partial charge in [0.1, 0.15) is 0 Å². The molecule has 0 spiro atoms. The number of urea groups is 1. The van der Waals surface area contributed by atoms with Gasteiger partial charge in [0.05, 0.1) is 0 Å². The number of carbonyl (C=O) groups excluding carboxylic acids is 1. The molecule has 1 saturated carbocycles. The van der Waals surface area contributed by atoms with Crippen LogP contribution in [0.1, 0.15) is 33.1 Å². The summed E-state index contributed by atoms with van der Waals surface area (Å²) in [6.45, 7) is 6.42. The van der Waals surface area contributed by atoms with Gasteiger partial charge in [-0.2, -0.15) is 11.8 Å². The Morgan fingerprint density at radius 3 is 2.33 bits per heavy atom. The van der Waals surface area contributed by atoms with Gasteiger partial charge in [-0.3, -0.25) is 0 Å². The van der Waals surface area contributed by atoms with E-state index in [0.717, 1.165) is 19.6 Å². The van der Waals surface area contributed by atoms with Crippen molar-refractivity contribution in [2.45, 2.75) is 37.9 Å². The van der Waals surface area contributed by atoms with Crippen molar-refractivity contribution in [3.63, 3.8) is 0 Å². The Kier molecular flexibility index (Phi) is 4.77. The standard InChI is InChI=1S/C11H22N2OS/c1-4-13(5-2)10(14)12-9-11(15-3)7-6-8-11/h4-9H2,1-3H3,(H,12,14). The summed E-state index contributed by atoms with van der Waals surface area (Å²) in [5.74, 6) is 0. The molecule has 0 aromatic rings. The van der Waals surface area contributed by atoms with Crippen molar-refractivity contribution in [3.05, 3.63) is 0 Å². The first kappa shape index (κ1) is 12.7. The maximum Gasteiger partial charge on any atom is 0.317 e. The molecule has 1 aliphatic carbocycles. The SMILES string of the molecule is CCN(CC)C(=O)NCC1(SC)CCC1. The maximum atomic E-state index is 11.7. The Morgan fingerprint density at radius 1 is 1.40 bits per heavy atom. The van der Waals surface area contributed by atoms with Gasteiger partial charge in [-0.05, 0) is 32.9 Å². The first-order valence-electron chi connectivity index (χ1n) is 5.75. The third kappa shape index (κ3) is 3.03. The van der Waals surface area contributed by atoms with E-state index in [1.807, 2.05) is 30.5 Å². The lowest BCUT2D eigenvalue weighted by Gasteiger charge is -2.40. The molecule has 1 rings (SSSR count). The molecule has 1 N–H and O–H groups in total. The molecule has 4 heteroatoms. The van der Waals surface area contributed by atoms with Crippen LogP contribution in [0, 0.1) is 0 Å². The Labute approximate surface area is 97.0 Å². The maximum absolute atomic E-state index is 11.7. The molecule has 1 aliphatic rings. The Hall–Kier alpha value is -0.380. The molecule has 1 fully saturated rings. The summed E-state index contributed by atoms with van der Waals surface area (Å²) >= 11 is 1.89. The van der Waals surface area contributed by atoms with Crippen LogP contribution in [0.25, 0.3) is 0 Å². The van der Waals surface area contributed by atoms with Gasteiger partial charge in [0.25, 0.3) is 0 Å². The zero-order valence-electron chi connectivity index (χ0n) is 10.0. The summed E-state index contributed by atoms with van der Waals surface area (Å²) in [6.07, 6.45) is 5.93. The number of nitrogens with one attached hydrogen (secondary N) is 1. The summed E-state index contributed by atoms with van der Waals surface area (Å²) in [5, 5.41) is 3.04. The van der Waals surface area contributed by atoms with Gasteiger partial charge in [-0.1, -0.05) is 6.42 Å². The Morgan fingerprint density at radius 2 is 2.00 bits per heavy atom. The molecule has 0 atom stereocenters. The van der Waals surface area contributed by atoms with Gasteiger partial charge < -0.3 is 10.2 Å². The lowest BCUT2D eigenvalue weighted by molar-refractivity contribution is 0.199. The summed E-state index contributed by atoms with van der Waals surface area (Å²) in [4.78, 5) is 13.5. The number of thioether (sulfide) groups is 1. The molecule has 0 saturated heterocycles. The van der Waals surface area contributed by atoms with Crippen LogP contribution in [0.4, 0.5) is 4.79 Å². The Balaban J connectivity index is 2.32. The largest absolute Gasteiger partial charge is 0.337 e. The number of nitrogens with zero attached hydrogens (tertiary/aromatic N) is 1. The molecule has 0 aromatic heterocycles. The summed E-state index contributed by atoms with van der Waals surface area (Å²) in [5.41, 5.74) is 0. The van der Waals surface area contributed by atoms with Gasteiger partial charge in [-0.15, -0.1) is 0 Å². The monoisotopic (exact) mass is 230 g/mol. The predicted octanol–water partition coefficient (Wildman–Crippen LogP) is 2.32. The summed E-state index contributed by atoms with van der Waals surface area (Å²) in [6, 6.07) is 0.0836. The molecule has 3 nitrogen and oxygen atoms in total. The van der Waals surface area contributed by atoms with Crippen LogP contribution >= 0.6 is 11.8 Å². The second-order valence-electron chi connectivity index (χ2n) is 4.07. The van der Waals surface area contributed by atoms with Crippen molar-refractivity contribution < 1.29 is 4.79 Å². The fraction of sp³-hybridized carbons (Fsp3) is 0.909. The van der Waals surface area contributed by atoms with Crippen molar-refractivity contribution in [1.82, 2.24) is 10.2 Å². The minimum atomic E-state index is 0.0836. The molecule has 0 heterocycles. The smallest absolute Gasteiger partial charge is 0.317 e. The van der Waals surface area contributed by atoms with E-state index in [-0.39, 0.29) is 6.03 Å². The Bertz CT molecular complexity index is 207. The van der Waals surface area contributed by atoms with E-state index in [2.05, 4.69) is 11.6 Å². The minimum Gasteiger partial charge on any atom is -0.337 e. The van der Waals surface area contributed by atoms with Crippen LogP contribution in [-0.4, -0.2) is 41.6 Å². The molecule has 2 amide bonds. The van der Waals surface area contributed by atoms with Gasteiger partial charge >= 0.3 is 6.03 Å². The molecule has 0 aliphatic heterocycles. The second kappa shape index (κ2) is 5.64. The number of carbonyl (C=O) groups is 1. The number of hydrogen-bond acceptors (Lipinski definition) is 2. The van der Waals surface area contributed by atoms with E-state index < -0.39 is 0 Å². The van der Waals surface area contributed by atoms with E-state index >= 15 is 0 Å². The second-order valence-corrected chi connectivity index (χ2v) is 5.35. The van der Waals surface area contributed by atoms with Crippen molar-refractivity contribution >= 4 is 17.8 Å². The molecular formula is C11H22N2OS. The van der Waals surface area contributed by atoms with Gasteiger partial charge in [0.15, 0.2) is 0 Å². The van der Waals surface area contributed by atoms with E-state index in [0.29, 0.717) is 4.75 Å². The summed E-state index contributed by atoms with van der Waals surface area (Å²) in [7, 11) is 0. The molecular weight excluding hydrogens is 208 g/mol. The van der Waals surface area contributed by atoms with E-state index in [9.17, 15) is 4.79 Å². The normalized spacial score (nSPS) is 18.1. The number of amides is 2. The highest BCUT2D eigenvalue weighted by molar-refractivity contribution is 8.00. The van der Waals surface area contributed by atoms with Crippen LogP contribution < -0.4 is 5.32 Å². The highest BCUT2D eigenvalue weighted by atomic mass is 32.2. The van der Waals surface area contributed by atoms with Crippen LogP contribution in [-0.2, 0) is 0 Å². The lowest BCUT2D eigenvalue weighted by Crippen LogP contribution is -2.49. The van der Waals surface area contributed by atoms with Crippen LogP contribution in [0.5, 0.6) is 0 Å². The van der Waals surface area contributed by atoms with Gasteiger partial charge in [0.2, 0.25) is 0 Å². The molecule has 0 unspecified atom stereocenters. The van der Waals surface area contributed by atoms with Crippen molar-refractivity contribution in [2.24, 2.45) is 0 Å². The van der Waals surface area contributed by atoms with E-state index in [1.165, 1.54) is 19.3 Å². The molecule has 0 radical (unpaired) electrons. The average Bonchev–Trinajstić information content (AvgIpc) is 2.19. The van der Waals surface area contributed by atoms with Crippen LogP contribution in [0.2, 0.25) is 0 Å². The lowest BCUT2D eigenvalue weighted by atomic mass is 9.84. The van der Waals surface area contributed by atoms with Crippen LogP contribution in [0.3, 0.4) is 0 Å². The third-order valence-corrected chi connectivity index (χ3v) is 4.73. The highest BCUT2D eigenvalue weighted by Crippen LogP contribution is 2.42. The molecule has 0 bridgehead atoms. The van der Waals surface area contributed by atoms with E-state index in [4.69, 9.17) is 0 Å². The zero-order chi connectivity index (χ0) is 11.3. The minimum absolute atomic E-state index is 0.0836.